The van der Waals surface area contributed by atoms with Crippen LogP contribution in [-0.4, -0.2) is 65.6 Å². The SMILES string of the molecule is COc1ccc(C(=O)Nc2cc3ccc(O[C@@H]4OC(C)(C)[C@H](OC)[C@@H](O)[C@@H]4O)c(C)c3oc2=O)cc1-c1ccccc1O. The van der Waals surface area contributed by atoms with Crippen LogP contribution >= 0.6 is 0 Å². The Bertz CT molecular complexity index is 1730. The van der Waals surface area contributed by atoms with Crippen LogP contribution in [0.1, 0.15) is 29.8 Å². The van der Waals surface area contributed by atoms with Gasteiger partial charge in [-0.25, -0.2) is 4.79 Å². The van der Waals surface area contributed by atoms with Crippen molar-refractivity contribution in [1.29, 1.82) is 0 Å². The lowest BCUT2D eigenvalue weighted by atomic mass is 9.89. The van der Waals surface area contributed by atoms with Crippen LogP contribution in [0, 0.1) is 6.92 Å². The van der Waals surface area contributed by atoms with Crippen LogP contribution in [-0.2, 0) is 9.47 Å². The summed E-state index contributed by atoms with van der Waals surface area (Å²) in [6.07, 6.45) is -4.66. The van der Waals surface area contributed by atoms with E-state index in [1.807, 2.05) is 0 Å². The number of rotatable bonds is 7. The van der Waals surface area contributed by atoms with Crippen molar-refractivity contribution in [1.82, 2.24) is 0 Å². The van der Waals surface area contributed by atoms with E-state index in [1.165, 1.54) is 26.4 Å². The fourth-order valence-electron chi connectivity index (χ4n) is 5.31. The van der Waals surface area contributed by atoms with Crippen LogP contribution in [0.15, 0.2) is 69.9 Å². The number of fused-ring (bicyclic) bond motifs is 1. The number of aryl methyl sites for hydroxylation is 1. The molecule has 1 aromatic heterocycles. The van der Waals surface area contributed by atoms with E-state index in [0.29, 0.717) is 27.8 Å². The number of nitrogens with one attached hydrogen (secondary N) is 1. The maximum absolute atomic E-state index is 13.2. The minimum Gasteiger partial charge on any atom is -0.507 e. The summed E-state index contributed by atoms with van der Waals surface area (Å²) in [5, 5.41) is 34.6. The van der Waals surface area contributed by atoms with Gasteiger partial charge in [0.05, 0.1) is 12.7 Å². The summed E-state index contributed by atoms with van der Waals surface area (Å²) in [4.78, 5) is 26.1. The summed E-state index contributed by atoms with van der Waals surface area (Å²) in [5.41, 5.74) is 0.0484. The molecule has 2 heterocycles. The Balaban J connectivity index is 1.40. The molecule has 0 spiro atoms. The number of methoxy groups -OCH3 is 2. The number of hydrogen-bond donors (Lipinski definition) is 4. The molecule has 11 nitrogen and oxygen atoms in total. The van der Waals surface area contributed by atoms with Crippen molar-refractivity contribution in [2.75, 3.05) is 19.5 Å². The lowest BCUT2D eigenvalue weighted by Crippen LogP contribution is -2.63. The number of ether oxygens (including phenoxy) is 4. The first-order valence-electron chi connectivity index (χ1n) is 13.5. The van der Waals surface area contributed by atoms with E-state index < -0.39 is 41.7 Å². The number of anilines is 1. The van der Waals surface area contributed by atoms with Crippen LogP contribution in [0.3, 0.4) is 0 Å². The highest BCUT2D eigenvalue weighted by Gasteiger charge is 2.50. The number of aromatic hydroxyl groups is 1. The van der Waals surface area contributed by atoms with Crippen molar-refractivity contribution in [3.63, 3.8) is 0 Å². The maximum Gasteiger partial charge on any atom is 0.360 e. The number of amides is 1. The molecule has 0 bridgehead atoms. The zero-order valence-corrected chi connectivity index (χ0v) is 24.3. The van der Waals surface area contributed by atoms with Gasteiger partial charge in [-0.15, -0.1) is 0 Å². The number of phenols is 1. The first-order valence-corrected chi connectivity index (χ1v) is 13.5. The van der Waals surface area contributed by atoms with Crippen LogP contribution in [0.25, 0.3) is 22.1 Å². The van der Waals surface area contributed by atoms with Crippen LogP contribution in [0.2, 0.25) is 0 Å². The van der Waals surface area contributed by atoms with Gasteiger partial charge in [-0.1, -0.05) is 18.2 Å². The van der Waals surface area contributed by atoms with Crippen LogP contribution in [0.4, 0.5) is 5.69 Å². The van der Waals surface area contributed by atoms with Gasteiger partial charge in [0.1, 0.15) is 46.8 Å². The minimum absolute atomic E-state index is 0.0240. The third-order valence-corrected chi connectivity index (χ3v) is 7.55. The topological polar surface area (TPSA) is 157 Å². The van der Waals surface area contributed by atoms with Gasteiger partial charge in [0, 0.05) is 34.7 Å². The highest BCUT2D eigenvalue weighted by atomic mass is 16.7. The molecule has 3 aromatic carbocycles. The Morgan fingerprint density at radius 3 is 2.37 bits per heavy atom. The van der Waals surface area contributed by atoms with Crippen molar-refractivity contribution >= 4 is 22.6 Å². The Kier molecular flexibility index (Phi) is 8.17. The van der Waals surface area contributed by atoms with Crippen molar-refractivity contribution < 1.29 is 43.5 Å². The molecule has 1 aliphatic heterocycles. The Morgan fingerprint density at radius 2 is 1.67 bits per heavy atom. The Labute approximate surface area is 247 Å². The first kappa shape index (κ1) is 30.1. The molecule has 1 saturated heterocycles. The van der Waals surface area contributed by atoms with Gasteiger partial charge < -0.3 is 44.0 Å². The number of carbonyl (C=O) groups is 1. The summed E-state index contributed by atoms with van der Waals surface area (Å²) >= 11 is 0. The van der Waals surface area contributed by atoms with Gasteiger partial charge in [-0.2, -0.15) is 0 Å². The summed E-state index contributed by atoms with van der Waals surface area (Å²) in [6.45, 7) is 5.10. The summed E-state index contributed by atoms with van der Waals surface area (Å²) < 4.78 is 28.1. The molecule has 4 aromatic rings. The normalized spacial score (nSPS) is 21.4. The van der Waals surface area contributed by atoms with Crippen LogP contribution < -0.4 is 20.4 Å². The molecule has 11 heteroatoms. The van der Waals surface area contributed by atoms with Gasteiger partial charge in [0.2, 0.25) is 6.29 Å². The van der Waals surface area contributed by atoms with Gasteiger partial charge in [-0.3, -0.25) is 4.79 Å². The molecule has 5 rings (SSSR count). The molecule has 43 heavy (non-hydrogen) atoms. The minimum atomic E-state index is -1.40. The Hall–Kier alpha value is -4.42. The van der Waals surface area contributed by atoms with E-state index in [9.17, 15) is 24.9 Å². The molecule has 0 aliphatic carbocycles. The molecular weight excluding hydrogens is 558 g/mol. The molecule has 0 radical (unpaired) electrons. The number of aliphatic hydroxyl groups is 2. The number of carbonyl (C=O) groups excluding carboxylic acids is 1. The average molecular weight is 592 g/mol. The average Bonchev–Trinajstić information content (AvgIpc) is 2.98. The molecule has 1 amide bonds. The fourth-order valence-corrected chi connectivity index (χ4v) is 5.31. The summed E-state index contributed by atoms with van der Waals surface area (Å²) in [5.74, 6) is 0.183. The van der Waals surface area contributed by atoms with Crippen molar-refractivity contribution in [2.45, 2.75) is 51.0 Å². The standard InChI is InChI=1S/C32H33NO10/c1-16-23(41-31-26(36)25(35)28(40-5)32(2,3)43-31)12-10-17-15-21(30(38)42-27(16)17)33-29(37)18-11-13-24(39-4)20(14-18)19-8-6-7-9-22(19)34/h6-15,25-26,28,31,34-36H,1-5H3,(H,33,37)/t25-,26-,28+,31+/m0/s1. The van der Waals surface area contributed by atoms with Gasteiger partial charge in [-0.05, 0) is 63.2 Å². The lowest BCUT2D eigenvalue weighted by molar-refractivity contribution is -0.306. The number of para-hydroxylation sites is 1. The van der Waals surface area contributed by atoms with Crippen LogP contribution in [0.5, 0.6) is 17.2 Å². The molecule has 0 saturated carbocycles. The summed E-state index contributed by atoms with van der Waals surface area (Å²) in [7, 11) is 2.91. The second-order valence-corrected chi connectivity index (χ2v) is 10.8. The van der Waals surface area contributed by atoms with E-state index in [0.717, 1.165) is 0 Å². The highest BCUT2D eigenvalue weighted by Crippen LogP contribution is 2.37. The number of hydrogen-bond acceptors (Lipinski definition) is 10. The van der Waals surface area contributed by atoms with E-state index in [2.05, 4.69) is 5.32 Å². The predicted octanol–water partition coefficient (Wildman–Crippen LogP) is 3.99. The number of benzene rings is 3. The zero-order chi connectivity index (χ0) is 31.1. The lowest BCUT2D eigenvalue weighted by Gasteiger charge is -2.46. The molecule has 1 fully saturated rings. The van der Waals surface area contributed by atoms with E-state index in [-0.39, 0.29) is 28.3 Å². The smallest absolute Gasteiger partial charge is 0.360 e. The van der Waals surface area contributed by atoms with Crippen molar-refractivity contribution in [2.24, 2.45) is 0 Å². The molecule has 226 valence electrons. The Morgan fingerprint density at radius 1 is 0.953 bits per heavy atom. The van der Waals surface area contributed by atoms with Crippen molar-refractivity contribution in [3.8, 4) is 28.4 Å². The van der Waals surface area contributed by atoms with Gasteiger partial charge in [0.25, 0.3) is 5.91 Å². The summed E-state index contributed by atoms with van der Waals surface area (Å²) in [6, 6.07) is 16.1. The fraction of sp³-hybridized carbons (Fsp3) is 0.312. The molecule has 0 unspecified atom stereocenters. The number of phenolic OH excluding ortho intramolecular Hbond substituents is 1. The first-order chi connectivity index (χ1) is 20.4. The second kappa shape index (κ2) is 11.7. The van der Waals surface area contributed by atoms with E-state index in [4.69, 9.17) is 23.4 Å². The molecule has 1 aliphatic rings. The van der Waals surface area contributed by atoms with Gasteiger partial charge in [0.15, 0.2) is 0 Å². The highest BCUT2D eigenvalue weighted by molar-refractivity contribution is 6.06. The van der Waals surface area contributed by atoms with Gasteiger partial charge >= 0.3 is 5.63 Å². The number of aliphatic hydroxyl groups excluding tert-OH is 2. The van der Waals surface area contributed by atoms with E-state index >= 15 is 0 Å². The van der Waals surface area contributed by atoms with Crippen molar-refractivity contribution in [3.05, 3.63) is 82.2 Å². The quantitative estimate of drug-likeness (QED) is 0.232. The second-order valence-electron chi connectivity index (χ2n) is 10.8. The zero-order valence-electron chi connectivity index (χ0n) is 24.3. The molecular formula is C32H33NO10. The predicted molar refractivity (Wildman–Crippen MR) is 158 cm³/mol. The molecule has 4 N–H and O–H groups in total. The molecule has 4 atom stereocenters. The largest absolute Gasteiger partial charge is 0.507 e. The third kappa shape index (κ3) is 5.67. The third-order valence-electron chi connectivity index (χ3n) is 7.55. The maximum atomic E-state index is 13.2. The van der Waals surface area contributed by atoms with E-state index in [1.54, 1.807) is 69.3 Å². The monoisotopic (exact) mass is 591 g/mol.